The number of hydrogen-bond donors (Lipinski definition) is 4. The van der Waals surface area contributed by atoms with Crippen molar-refractivity contribution in [2.24, 2.45) is 5.92 Å². The van der Waals surface area contributed by atoms with Crippen molar-refractivity contribution in [1.82, 2.24) is 30.4 Å². The number of unbranched alkanes of at least 4 members (excludes halogenated alkanes) is 2. The number of carbonyl (C=O) groups is 9. The van der Waals surface area contributed by atoms with Crippen LogP contribution in [-0.4, -0.2) is 105 Å². The fourth-order valence-electron chi connectivity index (χ4n) is 10.3. The van der Waals surface area contributed by atoms with Gasteiger partial charge in [-0.25, -0.2) is 14.2 Å². The highest BCUT2D eigenvalue weighted by Gasteiger charge is 2.46. The molecule has 0 saturated heterocycles. The summed E-state index contributed by atoms with van der Waals surface area (Å²) in [6, 6.07) is 11.3. The van der Waals surface area contributed by atoms with Gasteiger partial charge in [-0.2, -0.15) is 0 Å². The lowest BCUT2D eigenvalue weighted by Gasteiger charge is -2.31. The third-order valence-corrected chi connectivity index (χ3v) is 15.1. The second-order valence-electron chi connectivity index (χ2n) is 19.6. The molecule has 19 nitrogen and oxygen atoms in total. The summed E-state index contributed by atoms with van der Waals surface area (Å²) < 4.78 is 27.9. The minimum atomic E-state index is -2.04. The van der Waals surface area contributed by atoms with Gasteiger partial charge in [-0.3, -0.25) is 48.1 Å². The number of ketones is 3. The molecule has 0 bridgehead atoms. The third-order valence-electron chi connectivity index (χ3n) is 14.5. The van der Waals surface area contributed by atoms with Crippen LogP contribution in [0.4, 0.5) is 4.39 Å². The first-order chi connectivity index (χ1) is 36.4. The number of cyclic esters (lactones) is 1. The van der Waals surface area contributed by atoms with Crippen LogP contribution in [0.5, 0.6) is 0 Å². The molecule has 0 spiro atoms. The Bertz CT molecular complexity index is 3160. The first-order valence-corrected chi connectivity index (χ1v) is 26.2. The van der Waals surface area contributed by atoms with Gasteiger partial charge >= 0.3 is 5.97 Å². The van der Waals surface area contributed by atoms with E-state index in [4.69, 9.17) is 14.5 Å². The first-order valence-electron chi connectivity index (χ1n) is 25.4. The molecule has 4 aliphatic rings. The predicted molar refractivity (Wildman–Crippen MR) is 275 cm³/mol. The molecule has 76 heavy (non-hydrogen) atoms. The van der Waals surface area contributed by atoms with Gasteiger partial charge in [-0.05, 0) is 89.7 Å². The molecule has 400 valence electrons. The molecule has 1 aliphatic carbocycles. The second kappa shape index (κ2) is 23.8. The highest BCUT2D eigenvalue weighted by atomic mass is 79.9. The fourth-order valence-corrected chi connectivity index (χ4v) is 10.7. The van der Waals surface area contributed by atoms with E-state index < -0.39 is 70.8 Å². The van der Waals surface area contributed by atoms with E-state index in [9.17, 15) is 53.1 Å². The lowest BCUT2D eigenvalue weighted by molar-refractivity contribution is -0.172. The Kier molecular flexibility index (Phi) is 17.3. The van der Waals surface area contributed by atoms with E-state index >= 15 is 4.39 Å². The quantitative estimate of drug-likeness (QED) is 0.0363. The molecular weight excluding hydrogens is 1050 g/mol. The van der Waals surface area contributed by atoms with Gasteiger partial charge in [-0.15, -0.1) is 0 Å². The number of hydrogen-bond acceptors (Lipinski definition) is 14. The number of fused-ring (bicyclic) bond motifs is 5. The summed E-state index contributed by atoms with van der Waals surface area (Å²) in [5.41, 5.74) is 2.07. The van der Waals surface area contributed by atoms with Crippen LogP contribution in [0, 0.1) is 18.7 Å². The van der Waals surface area contributed by atoms with Crippen molar-refractivity contribution >= 4 is 79.7 Å². The highest BCUT2D eigenvalue weighted by Crippen LogP contribution is 2.46. The minimum Gasteiger partial charge on any atom is -0.458 e. The molecule has 5 heterocycles. The van der Waals surface area contributed by atoms with Gasteiger partial charge in [0.1, 0.15) is 24.8 Å². The van der Waals surface area contributed by atoms with E-state index in [0.717, 1.165) is 16.0 Å². The number of rotatable bonds is 25. The number of esters is 1. The van der Waals surface area contributed by atoms with Gasteiger partial charge in [0.25, 0.3) is 17.4 Å². The Hall–Kier alpha value is -7.10. The van der Waals surface area contributed by atoms with Crippen molar-refractivity contribution in [1.29, 1.82) is 0 Å². The summed E-state index contributed by atoms with van der Waals surface area (Å²) in [6.07, 6.45) is 3.51. The maximum absolute atomic E-state index is 15.4. The van der Waals surface area contributed by atoms with E-state index in [1.807, 2.05) is 6.07 Å². The second-order valence-corrected chi connectivity index (χ2v) is 20.4. The summed E-state index contributed by atoms with van der Waals surface area (Å²) in [7, 11) is 0. The first kappa shape index (κ1) is 55.1. The van der Waals surface area contributed by atoms with E-state index in [-0.39, 0.29) is 118 Å². The van der Waals surface area contributed by atoms with Crippen LogP contribution >= 0.6 is 15.9 Å². The number of benzene rings is 2. The lowest BCUT2D eigenvalue weighted by Crippen LogP contribution is -2.44. The molecule has 5 amide bonds. The van der Waals surface area contributed by atoms with Crippen molar-refractivity contribution < 1.29 is 62.1 Å². The molecule has 2 aromatic heterocycles. The number of ether oxygens (including phenoxy) is 2. The average molecular weight is 1110 g/mol. The van der Waals surface area contributed by atoms with Gasteiger partial charge in [0, 0.05) is 73.2 Å². The molecule has 2 aromatic carbocycles. The number of pyridine rings is 2. The van der Waals surface area contributed by atoms with Crippen LogP contribution in [0.3, 0.4) is 0 Å². The Morgan fingerprint density at radius 3 is 2.42 bits per heavy atom. The minimum absolute atomic E-state index is 0.0264. The number of imide groups is 1. The molecule has 0 saturated carbocycles. The summed E-state index contributed by atoms with van der Waals surface area (Å²) in [4.78, 5) is 134. The molecule has 4 aromatic rings. The maximum Gasteiger partial charge on any atom is 0.343 e. The van der Waals surface area contributed by atoms with Crippen molar-refractivity contribution in [3.05, 3.63) is 108 Å². The normalized spacial score (nSPS) is 17.6. The molecule has 0 unspecified atom stereocenters. The number of carbonyl (C=O) groups excluding carboxylic acids is 9. The van der Waals surface area contributed by atoms with E-state index in [1.54, 1.807) is 44.2 Å². The molecule has 3 aliphatic heterocycles. The van der Waals surface area contributed by atoms with Gasteiger partial charge in [0.05, 0.1) is 59.2 Å². The largest absolute Gasteiger partial charge is 0.458 e. The zero-order valence-corrected chi connectivity index (χ0v) is 43.7. The van der Waals surface area contributed by atoms with Gasteiger partial charge < -0.3 is 35.1 Å². The SMILES string of the molecule is CC[C@@]1(O)C(=O)OCc2c1cc1n(c2=O)Cc2c-1nc1cc(F)c(C)c3c1c2[C@@H](NC(=O)COCCC(=O)CNC(=O)[C@@H](CC(=O)CNC(=O)CCC(=O)CCCCCN1C(=O)C=C(Br)C1=O)Cc1ccccc1)CC3. The number of halogens is 2. The number of nitrogens with zero attached hydrogens (tertiary/aromatic N) is 3. The molecule has 3 atom stereocenters. The molecule has 21 heteroatoms. The van der Waals surface area contributed by atoms with Crippen molar-refractivity contribution in [3.63, 3.8) is 0 Å². The zero-order valence-electron chi connectivity index (χ0n) is 42.2. The Morgan fingerprint density at radius 1 is 0.921 bits per heavy atom. The van der Waals surface area contributed by atoms with Crippen molar-refractivity contribution in [3.8, 4) is 11.4 Å². The van der Waals surface area contributed by atoms with Crippen LogP contribution in [0.2, 0.25) is 0 Å². The summed E-state index contributed by atoms with van der Waals surface area (Å²) in [6.45, 7) is 1.99. The molecule has 0 radical (unpaired) electrons. The standard InChI is InChI=1S/C55H58BrFN6O13/c1-3-55(74)39-22-44-50-37(27-63(44)52(71)38(39)28-76-54(55)73)49-42(15-14-36-30(2)41(57)24-43(61-50)48(36)49)60-46(68)29-75-19-17-34(65)25-59-51(70)32(20-31-10-6-4-7-11-31)21-35(66)26-58-45(67)16-13-33(64)12-8-5-9-18-62-47(69)23-40(56)53(62)72/h4,6-7,10-11,22-24,32,42,74H,3,5,8-9,12-21,25-29H2,1-2H3,(H,58,67)(H,59,70)(H,60,68)/t32-,42+,55+/m1/s1. The van der Waals surface area contributed by atoms with E-state index in [1.165, 1.54) is 16.7 Å². The predicted octanol–water partition coefficient (Wildman–Crippen LogP) is 4.21. The number of aliphatic hydroxyl groups is 1. The zero-order chi connectivity index (χ0) is 54.4. The van der Waals surface area contributed by atoms with E-state index in [2.05, 4.69) is 31.9 Å². The fraction of sp³-hybridized carbons (Fsp3) is 0.436. The number of Topliss-reactive ketones (excluding diaryl/α,β-unsaturated/α-hetero) is 3. The lowest BCUT2D eigenvalue weighted by atomic mass is 9.81. The monoisotopic (exact) mass is 1110 g/mol. The molecular formula is C55H58BrFN6O13. The van der Waals surface area contributed by atoms with Crippen LogP contribution in [0.1, 0.15) is 116 Å². The highest BCUT2D eigenvalue weighted by molar-refractivity contribution is 9.12. The van der Waals surface area contributed by atoms with E-state index in [0.29, 0.717) is 71.1 Å². The summed E-state index contributed by atoms with van der Waals surface area (Å²) >= 11 is 3.05. The van der Waals surface area contributed by atoms with Crippen LogP contribution < -0.4 is 21.5 Å². The van der Waals surface area contributed by atoms with Crippen molar-refractivity contribution in [2.45, 2.75) is 116 Å². The van der Waals surface area contributed by atoms with Crippen molar-refractivity contribution in [2.75, 3.05) is 32.8 Å². The Balaban J connectivity index is 0.800. The average Bonchev–Trinajstić information content (AvgIpc) is 3.97. The van der Waals surface area contributed by atoms with Crippen LogP contribution in [-0.2, 0) is 84.2 Å². The number of nitrogens with one attached hydrogen (secondary N) is 3. The Labute approximate surface area is 444 Å². The smallest absolute Gasteiger partial charge is 0.343 e. The summed E-state index contributed by atoms with van der Waals surface area (Å²) in [5, 5.41) is 20.2. The van der Waals surface area contributed by atoms with Gasteiger partial charge in [-0.1, -0.05) is 43.7 Å². The Morgan fingerprint density at radius 2 is 1.68 bits per heavy atom. The van der Waals surface area contributed by atoms with Crippen LogP contribution in [0.15, 0.2) is 57.8 Å². The molecule has 0 fully saturated rings. The number of amides is 5. The maximum atomic E-state index is 15.4. The topological polar surface area (TPSA) is 267 Å². The number of aryl methyl sites for hydroxylation is 1. The number of aromatic nitrogens is 2. The molecule has 8 rings (SSSR count). The molecule has 4 N–H and O–H groups in total. The van der Waals surface area contributed by atoms with Gasteiger partial charge in [0.2, 0.25) is 17.7 Å². The van der Waals surface area contributed by atoms with Gasteiger partial charge in [0.15, 0.2) is 17.2 Å². The summed E-state index contributed by atoms with van der Waals surface area (Å²) in [5.74, 6) is -5.47. The van der Waals surface area contributed by atoms with Crippen LogP contribution in [0.25, 0.3) is 22.3 Å². The third kappa shape index (κ3) is 12.0.